The van der Waals surface area contributed by atoms with Crippen molar-refractivity contribution in [2.75, 3.05) is 12.8 Å². The van der Waals surface area contributed by atoms with Crippen molar-refractivity contribution in [1.82, 2.24) is 5.32 Å². The quantitative estimate of drug-likeness (QED) is 0.893. The molecule has 1 saturated carbocycles. The van der Waals surface area contributed by atoms with Gasteiger partial charge in [-0.1, -0.05) is 12.8 Å². The van der Waals surface area contributed by atoms with Crippen LogP contribution < -0.4 is 5.32 Å². The summed E-state index contributed by atoms with van der Waals surface area (Å²) in [6.45, 7) is 0.649. The highest BCUT2D eigenvalue weighted by atomic mass is 79.9. The molecule has 0 radical (unpaired) electrons. The fourth-order valence-electron chi connectivity index (χ4n) is 2.48. The van der Waals surface area contributed by atoms with Gasteiger partial charge in [-0.3, -0.25) is 4.79 Å². The lowest BCUT2D eigenvalue weighted by molar-refractivity contribution is 0.0948. The molecule has 1 N–H and O–H groups in total. The van der Waals surface area contributed by atoms with Gasteiger partial charge in [-0.2, -0.15) is 11.8 Å². The van der Waals surface area contributed by atoms with Crippen LogP contribution >= 0.6 is 27.7 Å². The van der Waals surface area contributed by atoms with E-state index >= 15 is 0 Å². The van der Waals surface area contributed by atoms with Gasteiger partial charge in [0.1, 0.15) is 5.82 Å². The molecule has 1 aromatic rings. The number of thioether (sulfide) groups is 1. The first-order valence-corrected chi connectivity index (χ1v) is 8.36. The maximum Gasteiger partial charge on any atom is 0.252 e. The number of halogens is 2. The van der Waals surface area contributed by atoms with Gasteiger partial charge in [0.25, 0.3) is 5.91 Å². The van der Waals surface area contributed by atoms with Crippen LogP contribution in [0.1, 0.15) is 36.0 Å². The van der Waals surface area contributed by atoms with Crippen molar-refractivity contribution in [3.05, 3.63) is 34.1 Å². The first-order chi connectivity index (χ1) is 9.06. The van der Waals surface area contributed by atoms with Gasteiger partial charge < -0.3 is 5.32 Å². The summed E-state index contributed by atoms with van der Waals surface area (Å²) < 4.78 is 14.0. The van der Waals surface area contributed by atoms with E-state index in [1.807, 2.05) is 11.8 Å². The van der Waals surface area contributed by atoms with Crippen LogP contribution in [0.3, 0.4) is 0 Å². The van der Waals surface area contributed by atoms with E-state index in [4.69, 9.17) is 0 Å². The number of hydrogen-bond acceptors (Lipinski definition) is 2. The highest BCUT2D eigenvalue weighted by Crippen LogP contribution is 2.39. The normalized spacial score (nSPS) is 17.4. The SMILES string of the molecule is CSC1(CNC(=O)c2cc(F)ccc2Br)CCCC1. The number of rotatable bonds is 4. The third-order valence-corrected chi connectivity index (χ3v) is 5.80. The molecular weight excluding hydrogens is 329 g/mol. The van der Waals surface area contributed by atoms with E-state index in [-0.39, 0.29) is 10.7 Å². The van der Waals surface area contributed by atoms with Gasteiger partial charge in [0.2, 0.25) is 0 Å². The second-order valence-corrected chi connectivity index (χ2v) is 7.03. The molecule has 0 aliphatic heterocycles. The van der Waals surface area contributed by atoms with Gasteiger partial charge in [0.15, 0.2) is 0 Å². The molecular formula is C14H17BrFNOS. The van der Waals surface area contributed by atoms with E-state index < -0.39 is 5.82 Å². The van der Waals surface area contributed by atoms with Crippen LogP contribution in [0.4, 0.5) is 4.39 Å². The second-order valence-electron chi connectivity index (χ2n) is 4.90. The van der Waals surface area contributed by atoms with Crippen LogP contribution in [-0.2, 0) is 0 Å². The predicted molar refractivity (Wildman–Crippen MR) is 81.1 cm³/mol. The van der Waals surface area contributed by atoms with Crippen LogP contribution in [0, 0.1) is 5.82 Å². The number of carbonyl (C=O) groups is 1. The van der Waals surface area contributed by atoms with Gasteiger partial charge >= 0.3 is 0 Å². The van der Waals surface area contributed by atoms with Crippen molar-refractivity contribution in [2.24, 2.45) is 0 Å². The molecule has 1 aromatic carbocycles. The molecule has 0 heterocycles. The number of nitrogens with one attached hydrogen (secondary N) is 1. The van der Waals surface area contributed by atoms with E-state index in [0.717, 1.165) is 12.8 Å². The van der Waals surface area contributed by atoms with Crippen molar-refractivity contribution < 1.29 is 9.18 Å². The first kappa shape index (κ1) is 14.9. The van der Waals surface area contributed by atoms with E-state index in [0.29, 0.717) is 16.6 Å². The Bertz CT molecular complexity index is 475. The summed E-state index contributed by atoms with van der Waals surface area (Å²) in [5, 5.41) is 2.94. The average Bonchev–Trinajstić information content (AvgIpc) is 2.88. The number of hydrogen-bond donors (Lipinski definition) is 1. The highest BCUT2D eigenvalue weighted by molar-refractivity contribution is 9.10. The molecule has 1 aliphatic rings. The minimum atomic E-state index is -0.395. The smallest absolute Gasteiger partial charge is 0.252 e. The molecule has 0 atom stereocenters. The Kier molecular flexibility index (Phi) is 4.90. The monoisotopic (exact) mass is 345 g/mol. The Morgan fingerprint density at radius 3 is 2.79 bits per heavy atom. The largest absolute Gasteiger partial charge is 0.351 e. The first-order valence-electron chi connectivity index (χ1n) is 6.35. The Hall–Kier alpha value is -0.550. The van der Waals surface area contributed by atoms with Crippen molar-refractivity contribution >= 4 is 33.6 Å². The molecule has 19 heavy (non-hydrogen) atoms. The zero-order valence-corrected chi connectivity index (χ0v) is 13.2. The van der Waals surface area contributed by atoms with Crippen LogP contribution in [0.15, 0.2) is 22.7 Å². The predicted octanol–water partition coefficient (Wildman–Crippen LogP) is 3.99. The van der Waals surface area contributed by atoms with Crippen LogP contribution in [-0.4, -0.2) is 23.5 Å². The van der Waals surface area contributed by atoms with E-state index in [9.17, 15) is 9.18 Å². The Morgan fingerprint density at radius 2 is 2.16 bits per heavy atom. The average molecular weight is 346 g/mol. The van der Waals surface area contributed by atoms with Gasteiger partial charge in [-0.05, 0) is 53.2 Å². The summed E-state index contributed by atoms with van der Waals surface area (Å²) in [7, 11) is 0. The molecule has 1 fully saturated rings. The van der Waals surface area contributed by atoms with Crippen LogP contribution in [0.5, 0.6) is 0 Å². The van der Waals surface area contributed by atoms with Crippen molar-refractivity contribution in [1.29, 1.82) is 0 Å². The summed E-state index contributed by atoms with van der Waals surface area (Å²) in [5.74, 6) is -0.611. The fourth-order valence-corrected chi connectivity index (χ4v) is 3.82. The molecule has 0 aromatic heterocycles. The Balaban J connectivity index is 2.03. The molecule has 0 spiro atoms. The van der Waals surface area contributed by atoms with Crippen LogP contribution in [0.2, 0.25) is 0 Å². The lowest BCUT2D eigenvalue weighted by atomic mass is 10.1. The summed E-state index contributed by atoms with van der Waals surface area (Å²) in [6, 6.07) is 4.16. The molecule has 0 bridgehead atoms. The Morgan fingerprint density at radius 1 is 1.47 bits per heavy atom. The third kappa shape index (κ3) is 3.51. The van der Waals surface area contributed by atoms with Gasteiger partial charge in [0.05, 0.1) is 5.56 Å². The number of carbonyl (C=O) groups excluding carboxylic acids is 1. The number of benzene rings is 1. The van der Waals surface area contributed by atoms with E-state index in [1.165, 1.54) is 25.0 Å². The third-order valence-electron chi connectivity index (χ3n) is 3.69. The standard InChI is InChI=1S/C14H17BrFNOS/c1-19-14(6-2-3-7-14)9-17-13(18)11-8-10(16)4-5-12(11)15/h4-5,8H,2-3,6-7,9H2,1H3,(H,17,18). The zero-order valence-electron chi connectivity index (χ0n) is 10.8. The van der Waals surface area contributed by atoms with Gasteiger partial charge in [-0.25, -0.2) is 4.39 Å². The van der Waals surface area contributed by atoms with Crippen molar-refractivity contribution in [2.45, 2.75) is 30.4 Å². The minimum Gasteiger partial charge on any atom is -0.351 e. The van der Waals surface area contributed by atoms with Gasteiger partial charge in [-0.15, -0.1) is 0 Å². The fraction of sp³-hybridized carbons (Fsp3) is 0.500. The lowest BCUT2D eigenvalue weighted by Gasteiger charge is -2.27. The maximum absolute atomic E-state index is 13.2. The van der Waals surface area contributed by atoms with Crippen molar-refractivity contribution in [3.8, 4) is 0 Å². The Labute approximate surface area is 125 Å². The molecule has 2 rings (SSSR count). The number of amides is 1. The molecule has 0 saturated heterocycles. The van der Waals surface area contributed by atoms with Crippen molar-refractivity contribution in [3.63, 3.8) is 0 Å². The maximum atomic E-state index is 13.2. The van der Waals surface area contributed by atoms with E-state index in [2.05, 4.69) is 27.5 Å². The molecule has 104 valence electrons. The second kappa shape index (κ2) is 6.27. The highest BCUT2D eigenvalue weighted by Gasteiger charge is 2.33. The van der Waals surface area contributed by atoms with E-state index in [1.54, 1.807) is 6.07 Å². The summed E-state index contributed by atoms with van der Waals surface area (Å²) >= 11 is 5.11. The summed E-state index contributed by atoms with van der Waals surface area (Å²) in [6.07, 6.45) is 6.81. The minimum absolute atomic E-state index is 0.162. The molecule has 2 nitrogen and oxygen atoms in total. The summed E-state index contributed by atoms with van der Waals surface area (Å²) in [5.41, 5.74) is 0.356. The van der Waals surface area contributed by atoms with Gasteiger partial charge in [0, 0.05) is 15.8 Å². The summed E-state index contributed by atoms with van der Waals surface area (Å²) in [4.78, 5) is 12.1. The van der Waals surface area contributed by atoms with Crippen LogP contribution in [0.25, 0.3) is 0 Å². The molecule has 5 heteroatoms. The molecule has 1 aliphatic carbocycles. The molecule has 0 unspecified atom stereocenters. The molecule has 1 amide bonds. The lowest BCUT2D eigenvalue weighted by Crippen LogP contribution is -2.38. The zero-order chi connectivity index (χ0) is 13.9. The topological polar surface area (TPSA) is 29.1 Å².